The van der Waals surface area contributed by atoms with Crippen LogP contribution in [0.3, 0.4) is 0 Å². The molecule has 0 rings (SSSR count). The van der Waals surface area contributed by atoms with Crippen molar-refractivity contribution in [1.82, 2.24) is 0 Å². The van der Waals surface area contributed by atoms with Gasteiger partial charge >= 0.3 is 7.60 Å². The predicted molar refractivity (Wildman–Crippen MR) is 124 cm³/mol. The third-order valence-electron chi connectivity index (χ3n) is 6.35. The molecule has 4 heteroatoms. The SMILES string of the molecule is CCCCCCCCC(CCCCCCC)(CCCCCCCC)P(=O)(O)O. The topological polar surface area (TPSA) is 57.5 Å². The van der Waals surface area contributed by atoms with Crippen molar-refractivity contribution in [3.8, 4) is 0 Å². The van der Waals surface area contributed by atoms with Crippen LogP contribution in [0, 0.1) is 0 Å². The molecule has 0 saturated heterocycles. The Morgan fingerprint density at radius 3 is 1.00 bits per heavy atom. The molecule has 0 aromatic rings. The first-order valence-electron chi connectivity index (χ1n) is 12.5. The van der Waals surface area contributed by atoms with E-state index in [1.54, 1.807) is 0 Å². The van der Waals surface area contributed by atoms with Crippen molar-refractivity contribution in [2.45, 2.75) is 154 Å². The highest BCUT2D eigenvalue weighted by Crippen LogP contribution is 2.58. The fourth-order valence-electron chi connectivity index (χ4n) is 4.34. The molecule has 170 valence electrons. The molecule has 2 N–H and O–H groups in total. The molecule has 0 atom stereocenters. The van der Waals surface area contributed by atoms with E-state index in [0.717, 1.165) is 38.5 Å². The second-order valence-corrected chi connectivity index (χ2v) is 11.0. The molecule has 0 unspecified atom stereocenters. The van der Waals surface area contributed by atoms with Crippen molar-refractivity contribution in [3.63, 3.8) is 0 Å². The summed E-state index contributed by atoms with van der Waals surface area (Å²) in [5, 5.41) is -0.755. The van der Waals surface area contributed by atoms with Crippen molar-refractivity contribution in [1.29, 1.82) is 0 Å². The number of hydrogen-bond donors (Lipinski definition) is 2. The Morgan fingerprint density at radius 1 is 0.500 bits per heavy atom. The van der Waals surface area contributed by atoms with E-state index >= 15 is 0 Å². The zero-order chi connectivity index (χ0) is 21.1. The van der Waals surface area contributed by atoms with Gasteiger partial charge in [0.05, 0.1) is 5.16 Å². The summed E-state index contributed by atoms with van der Waals surface area (Å²) in [6.07, 6.45) is 22.0. The summed E-state index contributed by atoms with van der Waals surface area (Å²) in [5.74, 6) is 0. The Balaban J connectivity index is 4.70. The summed E-state index contributed by atoms with van der Waals surface area (Å²) < 4.78 is 12.6. The van der Waals surface area contributed by atoms with Gasteiger partial charge in [0.2, 0.25) is 0 Å². The zero-order valence-electron chi connectivity index (χ0n) is 19.4. The highest BCUT2D eigenvalue weighted by atomic mass is 31.2. The molecule has 0 aliphatic rings. The summed E-state index contributed by atoms with van der Waals surface area (Å²) >= 11 is 0. The molecule has 0 bridgehead atoms. The van der Waals surface area contributed by atoms with Gasteiger partial charge in [0.25, 0.3) is 0 Å². The Hall–Kier alpha value is 0.150. The van der Waals surface area contributed by atoms with Gasteiger partial charge in [-0.1, -0.05) is 130 Å². The summed E-state index contributed by atoms with van der Waals surface area (Å²) in [6.45, 7) is 6.65. The molecular formula is C24H51O3P. The maximum atomic E-state index is 12.6. The summed E-state index contributed by atoms with van der Waals surface area (Å²) in [5.41, 5.74) is 0. The molecule has 0 saturated carbocycles. The van der Waals surface area contributed by atoms with E-state index in [4.69, 9.17) is 0 Å². The second kappa shape index (κ2) is 18.0. The lowest BCUT2D eigenvalue weighted by Crippen LogP contribution is -2.29. The van der Waals surface area contributed by atoms with Gasteiger partial charge in [-0.25, -0.2) is 0 Å². The Kier molecular flexibility index (Phi) is 18.1. The monoisotopic (exact) mass is 418 g/mol. The molecule has 3 nitrogen and oxygen atoms in total. The Labute approximate surface area is 176 Å². The maximum Gasteiger partial charge on any atom is 0.331 e. The van der Waals surface area contributed by atoms with Crippen LogP contribution >= 0.6 is 7.60 Å². The lowest BCUT2D eigenvalue weighted by molar-refractivity contribution is 0.281. The molecule has 0 aromatic carbocycles. The van der Waals surface area contributed by atoms with Gasteiger partial charge in [0.1, 0.15) is 0 Å². The van der Waals surface area contributed by atoms with Gasteiger partial charge < -0.3 is 9.79 Å². The Morgan fingerprint density at radius 2 is 0.750 bits per heavy atom. The molecule has 0 aliphatic heterocycles. The molecule has 0 aliphatic carbocycles. The van der Waals surface area contributed by atoms with Crippen LogP contribution < -0.4 is 0 Å². The van der Waals surface area contributed by atoms with E-state index in [1.165, 1.54) is 70.6 Å². The third-order valence-corrected chi connectivity index (χ3v) is 8.26. The molecular weight excluding hydrogens is 367 g/mol. The molecule has 28 heavy (non-hydrogen) atoms. The molecule has 0 spiro atoms. The van der Waals surface area contributed by atoms with E-state index < -0.39 is 12.8 Å². The second-order valence-electron chi connectivity index (χ2n) is 8.97. The van der Waals surface area contributed by atoms with Crippen LogP contribution in [0.4, 0.5) is 0 Å². The minimum Gasteiger partial charge on any atom is -0.324 e. The molecule has 0 aromatic heterocycles. The average molecular weight is 419 g/mol. The molecule has 0 amide bonds. The zero-order valence-corrected chi connectivity index (χ0v) is 20.3. The number of rotatable bonds is 21. The quantitative estimate of drug-likeness (QED) is 0.145. The Bertz CT molecular complexity index is 362. The molecule has 0 radical (unpaired) electrons. The predicted octanol–water partition coefficient (Wildman–Crippen LogP) is 8.76. The third kappa shape index (κ3) is 13.4. The normalized spacial score (nSPS) is 12.6. The van der Waals surface area contributed by atoms with Crippen molar-refractivity contribution in [2.24, 2.45) is 0 Å². The van der Waals surface area contributed by atoms with Crippen molar-refractivity contribution < 1.29 is 14.4 Å². The lowest BCUT2D eigenvalue weighted by atomic mass is 9.88. The van der Waals surface area contributed by atoms with E-state index in [9.17, 15) is 14.4 Å². The van der Waals surface area contributed by atoms with Gasteiger partial charge in [-0.2, -0.15) is 0 Å². The summed E-state index contributed by atoms with van der Waals surface area (Å²) in [6, 6.07) is 0. The van der Waals surface area contributed by atoms with E-state index in [-0.39, 0.29) is 0 Å². The number of unbranched alkanes of at least 4 members (excludes halogenated alkanes) is 14. The van der Waals surface area contributed by atoms with Crippen LogP contribution in [-0.2, 0) is 4.57 Å². The average Bonchev–Trinajstić information content (AvgIpc) is 2.65. The minimum atomic E-state index is -4.09. The van der Waals surface area contributed by atoms with Gasteiger partial charge in [-0.05, 0) is 19.3 Å². The summed E-state index contributed by atoms with van der Waals surface area (Å²) in [7, 11) is -4.09. The van der Waals surface area contributed by atoms with Crippen molar-refractivity contribution in [3.05, 3.63) is 0 Å². The smallest absolute Gasteiger partial charge is 0.324 e. The largest absolute Gasteiger partial charge is 0.331 e. The van der Waals surface area contributed by atoms with Crippen LogP contribution in [0.2, 0.25) is 0 Å². The van der Waals surface area contributed by atoms with E-state index in [2.05, 4.69) is 20.8 Å². The fourth-order valence-corrected chi connectivity index (χ4v) is 5.69. The maximum absolute atomic E-state index is 12.6. The lowest BCUT2D eigenvalue weighted by Gasteiger charge is -2.35. The van der Waals surface area contributed by atoms with E-state index in [0.29, 0.717) is 19.3 Å². The number of hydrogen-bond acceptors (Lipinski definition) is 1. The van der Waals surface area contributed by atoms with Gasteiger partial charge in [0.15, 0.2) is 0 Å². The standard InChI is InChI=1S/C24H51O3P/c1-4-7-10-13-16-19-22-24(28(25,26)27,21-18-15-12-9-6-3)23-20-17-14-11-8-5-2/h4-23H2,1-3H3,(H2,25,26,27). The van der Waals surface area contributed by atoms with Crippen LogP contribution in [0.1, 0.15) is 149 Å². The van der Waals surface area contributed by atoms with Crippen LogP contribution in [0.5, 0.6) is 0 Å². The first-order chi connectivity index (χ1) is 13.4. The van der Waals surface area contributed by atoms with Gasteiger partial charge in [0, 0.05) is 0 Å². The molecule has 0 fully saturated rings. The van der Waals surface area contributed by atoms with Crippen molar-refractivity contribution >= 4 is 7.60 Å². The molecule has 0 heterocycles. The first-order valence-corrected chi connectivity index (χ1v) is 14.1. The van der Waals surface area contributed by atoms with Gasteiger partial charge in [-0.3, -0.25) is 4.57 Å². The van der Waals surface area contributed by atoms with Gasteiger partial charge in [-0.15, -0.1) is 0 Å². The first kappa shape index (κ1) is 28.1. The highest BCUT2D eigenvalue weighted by Gasteiger charge is 2.44. The van der Waals surface area contributed by atoms with Crippen LogP contribution in [-0.4, -0.2) is 14.9 Å². The summed E-state index contributed by atoms with van der Waals surface area (Å²) in [4.78, 5) is 20.6. The van der Waals surface area contributed by atoms with Crippen LogP contribution in [0.15, 0.2) is 0 Å². The highest BCUT2D eigenvalue weighted by molar-refractivity contribution is 7.53. The fraction of sp³-hybridized carbons (Fsp3) is 1.00. The van der Waals surface area contributed by atoms with Crippen LogP contribution in [0.25, 0.3) is 0 Å². The van der Waals surface area contributed by atoms with E-state index in [1.807, 2.05) is 0 Å². The minimum absolute atomic E-state index is 0.713. The van der Waals surface area contributed by atoms with Crippen molar-refractivity contribution in [2.75, 3.05) is 0 Å².